The van der Waals surface area contributed by atoms with Crippen LogP contribution in [0.5, 0.6) is 0 Å². The summed E-state index contributed by atoms with van der Waals surface area (Å²) in [6.07, 6.45) is 0. The highest BCUT2D eigenvalue weighted by Gasteiger charge is 2.32. The number of nitro groups is 1. The molecule has 0 radical (unpaired) electrons. The molecular formula is C16H9N3O4. The van der Waals surface area contributed by atoms with E-state index in [1.807, 2.05) is 0 Å². The molecule has 0 unspecified atom stereocenters. The van der Waals surface area contributed by atoms with E-state index in [0.717, 1.165) is 5.56 Å². The number of benzene rings is 2. The number of fused-ring (bicyclic) bond motifs is 4. The summed E-state index contributed by atoms with van der Waals surface area (Å²) in [4.78, 5) is 39.9. The number of aryl methyl sites for hydroxylation is 1. The van der Waals surface area contributed by atoms with Crippen LogP contribution in [0.1, 0.15) is 21.7 Å². The Morgan fingerprint density at radius 1 is 1.17 bits per heavy atom. The Kier molecular flexibility index (Phi) is 2.51. The van der Waals surface area contributed by atoms with Crippen molar-refractivity contribution >= 4 is 22.4 Å². The standard InChI is InChI=1S/C16H9N3O4/c1-8-3-2-4-11-13(8)16(21)18-12-6-5-9(19(22)23)7-10(12)14(20)15(18)17-11/h2-7H,1H3. The average Bonchev–Trinajstić information content (AvgIpc) is 2.80. The first-order chi connectivity index (χ1) is 11.0. The molecule has 1 aliphatic rings. The van der Waals surface area contributed by atoms with Gasteiger partial charge in [0.05, 0.1) is 27.1 Å². The first-order valence-corrected chi connectivity index (χ1v) is 6.85. The topological polar surface area (TPSA) is 95.1 Å². The van der Waals surface area contributed by atoms with Gasteiger partial charge in [-0.2, -0.15) is 0 Å². The lowest BCUT2D eigenvalue weighted by Gasteiger charge is -2.06. The molecule has 0 amide bonds. The Morgan fingerprint density at radius 2 is 1.96 bits per heavy atom. The molecule has 7 heteroatoms. The fourth-order valence-corrected chi connectivity index (χ4v) is 2.91. The summed E-state index contributed by atoms with van der Waals surface area (Å²) in [7, 11) is 0. The predicted octanol–water partition coefficient (Wildman–Crippen LogP) is 2.15. The second-order valence-corrected chi connectivity index (χ2v) is 5.33. The number of nitro benzene ring substituents is 1. The number of rotatable bonds is 1. The number of hydrogen-bond donors (Lipinski definition) is 0. The zero-order valence-corrected chi connectivity index (χ0v) is 11.9. The second kappa shape index (κ2) is 4.33. The van der Waals surface area contributed by atoms with Gasteiger partial charge in [0.15, 0.2) is 5.82 Å². The second-order valence-electron chi connectivity index (χ2n) is 5.33. The smallest absolute Gasteiger partial charge is 0.270 e. The molecule has 4 rings (SSSR count). The molecule has 0 fully saturated rings. The molecule has 0 saturated carbocycles. The molecule has 2 aromatic carbocycles. The van der Waals surface area contributed by atoms with Crippen molar-refractivity contribution in [1.29, 1.82) is 0 Å². The average molecular weight is 307 g/mol. The van der Waals surface area contributed by atoms with Crippen molar-refractivity contribution < 1.29 is 9.72 Å². The number of carbonyl (C=O) groups excluding carboxylic acids is 1. The molecule has 112 valence electrons. The van der Waals surface area contributed by atoms with Crippen LogP contribution < -0.4 is 5.56 Å². The van der Waals surface area contributed by atoms with Gasteiger partial charge in [-0.15, -0.1) is 0 Å². The summed E-state index contributed by atoms with van der Waals surface area (Å²) in [6.45, 7) is 1.80. The quantitative estimate of drug-likeness (QED) is 0.396. The third-order valence-corrected chi connectivity index (χ3v) is 3.99. The number of hydrogen-bond acceptors (Lipinski definition) is 5. The Labute approximate surface area is 129 Å². The van der Waals surface area contributed by atoms with Crippen molar-refractivity contribution in [3.8, 4) is 5.69 Å². The van der Waals surface area contributed by atoms with Crippen molar-refractivity contribution in [2.75, 3.05) is 0 Å². The molecule has 3 aromatic rings. The summed E-state index contributed by atoms with van der Waals surface area (Å²) >= 11 is 0. The van der Waals surface area contributed by atoms with Gasteiger partial charge in [0.1, 0.15) is 0 Å². The highest BCUT2D eigenvalue weighted by Crippen LogP contribution is 2.29. The Morgan fingerprint density at radius 3 is 2.70 bits per heavy atom. The number of carbonyl (C=O) groups is 1. The van der Waals surface area contributed by atoms with E-state index in [9.17, 15) is 19.7 Å². The zero-order valence-electron chi connectivity index (χ0n) is 11.9. The highest BCUT2D eigenvalue weighted by molar-refractivity contribution is 6.13. The summed E-state index contributed by atoms with van der Waals surface area (Å²) in [5.74, 6) is -0.493. The summed E-state index contributed by atoms with van der Waals surface area (Å²) < 4.78 is 1.23. The van der Waals surface area contributed by atoms with Crippen LogP contribution in [0.15, 0.2) is 41.2 Å². The maximum Gasteiger partial charge on any atom is 0.270 e. The van der Waals surface area contributed by atoms with Crippen LogP contribution in [0.3, 0.4) is 0 Å². The van der Waals surface area contributed by atoms with Crippen LogP contribution in [0, 0.1) is 17.0 Å². The van der Waals surface area contributed by atoms with Crippen LogP contribution in [-0.4, -0.2) is 20.3 Å². The molecule has 7 nitrogen and oxygen atoms in total. The third-order valence-electron chi connectivity index (χ3n) is 3.99. The Bertz CT molecular complexity index is 1100. The molecule has 0 spiro atoms. The van der Waals surface area contributed by atoms with E-state index in [0.29, 0.717) is 16.6 Å². The van der Waals surface area contributed by atoms with Crippen LogP contribution in [-0.2, 0) is 0 Å². The maximum absolute atomic E-state index is 12.8. The largest absolute Gasteiger partial charge is 0.285 e. The lowest BCUT2D eigenvalue weighted by atomic mass is 10.1. The zero-order chi connectivity index (χ0) is 16.3. The van der Waals surface area contributed by atoms with E-state index in [-0.39, 0.29) is 22.6 Å². The van der Waals surface area contributed by atoms with E-state index in [4.69, 9.17) is 0 Å². The van der Waals surface area contributed by atoms with Gasteiger partial charge in [-0.1, -0.05) is 12.1 Å². The highest BCUT2D eigenvalue weighted by atomic mass is 16.6. The van der Waals surface area contributed by atoms with Gasteiger partial charge in [-0.3, -0.25) is 24.3 Å². The molecule has 1 aromatic heterocycles. The molecule has 0 aliphatic carbocycles. The maximum atomic E-state index is 12.8. The van der Waals surface area contributed by atoms with E-state index in [1.54, 1.807) is 25.1 Å². The summed E-state index contributed by atoms with van der Waals surface area (Å²) in [5, 5.41) is 11.3. The Hall–Kier alpha value is -3.35. The van der Waals surface area contributed by atoms with Gasteiger partial charge in [0, 0.05) is 12.1 Å². The van der Waals surface area contributed by atoms with Crippen molar-refractivity contribution in [3.63, 3.8) is 0 Å². The van der Waals surface area contributed by atoms with Gasteiger partial charge in [-0.25, -0.2) is 4.98 Å². The predicted molar refractivity (Wildman–Crippen MR) is 82.2 cm³/mol. The van der Waals surface area contributed by atoms with Crippen molar-refractivity contribution in [1.82, 2.24) is 9.55 Å². The SMILES string of the molecule is Cc1cccc2nc3n(c(=O)c12)-c1ccc([N+](=O)[O-])cc1C3=O. The first kappa shape index (κ1) is 13.3. The lowest BCUT2D eigenvalue weighted by molar-refractivity contribution is -0.384. The van der Waals surface area contributed by atoms with Crippen LogP contribution in [0.4, 0.5) is 5.69 Å². The third kappa shape index (κ3) is 1.67. The minimum Gasteiger partial charge on any atom is -0.285 e. The van der Waals surface area contributed by atoms with E-state index >= 15 is 0 Å². The van der Waals surface area contributed by atoms with Gasteiger partial charge < -0.3 is 0 Å². The molecule has 0 saturated heterocycles. The van der Waals surface area contributed by atoms with Gasteiger partial charge in [-0.05, 0) is 24.6 Å². The number of ketones is 1. The molecule has 23 heavy (non-hydrogen) atoms. The molecular weight excluding hydrogens is 298 g/mol. The molecule has 0 bridgehead atoms. The van der Waals surface area contributed by atoms with E-state index in [2.05, 4.69) is 4.98 Å². The monoisotopic (exact) mass is 307 g/mol. The number of non-ortho nitro benzene ring substituents is 1. The minimum absolute atomic E-state index is 0.0106. The summed E-state index contributed by atoms with van der Waals surface area (Å²) in [6, 6.07) is 9.10. The number of nitrogens with zero attached hydrogens (tertiary/aromatic N) is 3. The minimum atomic E-state index is -0.576. The van der Waals surface area contributed by atoms with Crippen LogP contribution in [0.25, 0.3) is 16.6 Å². The molecule has 0 N–H and O–H groups in total. The van der Waals surface area contributed by atoms with Crippen molar-refractivity contribution in [2.24, 2.45) is 0 Å². The Balaban J connectivity index is 2.12. The van der Waals surface area contributed by atoms with Gasteiger partial charge in [0.25, 0.3) is 11.2 Å². The summed E-state index contributed by atoms with van der Waals surface area (Å²) in [5.41, 5.74) is 1.12. The van der Waals surface area contributed by atoms with E-state index < -0.39 is 10.7 Å². The fourth-order valence-electron chi connectivity index (χ4n) is 2.91. The fraction of sp³-hybridized carbons (Fsp3) is 0.0625. The van der Waals surface area contributed by atoms with Crippen molar-refractivity contribution in [3.05, 3.63) is 73.8 Å². The lowest BCUT2D eigenvalue weighted by Crippen LogP contribution is -2.22. The molecule has 1 aliphatic heterocycles. The van der Waals surface area contributed by atoms with Crippen LogP contribution in [0.2, 0.25) is 0 Å². The molecule has 2 heterocycles. The van der Waals surface area contributed by atoms with E-state index in [1.165, 1.54) is 22.8 Å². The van der Waals surface area contributed by atoms with Crippen LogP contribution >= 0.6 is 0 Å². The number of aromatic nitrogens is 2. The van der Waals surface area contributed by atoms with Gasteiger partial charge >= 0.3 is 0 Å². The molecule has 0 atom stereocenters. The normalized spacial score (nSPS) is 12.3. The van der Waals surface area contributed by atoms with Crippen molar-refractivity contribution in [2.45, 2.75) is 6.92 Å². The first-order valence-electron chi connectivity index (χ1n) is 6.85. The van der Waals surface area contributed by atoms with Gasteiger partial charge in [0.2, 0.25) is 5.78 Å².